The minimum atomic E-state index is -0.0586. The molecule has 1 atom stereocenters. The zero-order valence-electron chi connectivity index (χ0n) is 10.5. The predicted octanol–water partition coefficient (Wildman–Crippen LogP) is 1.17. The average molecular weight is 246 g/mol. The lowest BCUT2D eigenvalue weighted by atomic mass is 10.0. The number of hydrogen-bond acceptors (Lipinski definition) is 4. The molecule has 0 fully saturated rings. The average Bonchev–Trinajstić information content (AvgIpc) is 2.84. The maximum Gasteiger partial charge on any atom is 0.134 e. The fourth-order valence-electron chi connectivity index (χ4n) is 1.83. The molecular formula is C13H18N4O. The van der Waals surface area contributed by atoms with Gasteiger partial charge in [0.15, 0.2) is 0 Å². The summed E-state index contributed by atoms with van der Waals surface area (Å²) < 4.78 is 7.03. The topological polar surface area (TPSA) is 66.0 Å². The number of ether oxygens (including phenoxy) is 1. The van der Waals surface area contributed by atoms with Crippen LogP contribution < -0.4 is 5.73 Å². The Morgan fingerprint density at radius 2 is 2.11 bits per heavy atom. The summed E-state index contributed by atoms with van der Waals surface area (Å²) in [7, 11) is 1.68. The maximum absolute atomic E-state index is 6.17. The SMILES string of the molecule is COCCn1cnnc1CC(N)c1ccccc1. The molecule has 1 aromatic carbocycles. The van der Waals surface area contributed by atoms with E-state index in [1.165, 1.54) is 0 Å². The van der Waals surface area contributed by atoms with E-state index in [0.29, 0.717) is 13.0 Å². The van der Waals surface area contributed by atoms with Crippen molar-refractivity contribution in [2.45, 2.75) is 19.0 Å². The second-order valence-electron chi connectivity index (χ2n) is 4.15. The van der Waals surface area contributed by atoms with E-state index in [-0.39, 0.29) is 6.04 Å². The van der Waals surface area contributed by atoms with Crippen molar-refractivity contribution in [1.29, 1.82) is 0 Å². The monoisotopic (exact) mass is 246 g/mol. The van der Waals surface area contributed by atoms with Gasteiger partial charge in [0.05, 0.1) is 6.61 Å². The molecule has 18 heavy (non-hydrogen) atoms. The third-order valence-corrected chi connectivity index (χ3v) is 2.86. The molecule has 1 aromatic heterocycles. The number of nitrogens with two attached hydrogens (primary N) is 1. The highest BCUT2D eigenvalue weighted by molar-refractivity contribution is 5.19. The lowest BCUT2D eigenvalue weighted by Crippen LogP contribution is -2.17. The fraction of sp³-hybridized carbons (Fsp3) is 0.385. The van der Waals surface area contributed by atoms with Gasteiger partial charge in [0.25, 0.3) is 0 Å². The molecule has 0 aliphatic rings. The van der Waals surface area contributed by atoms with Crippen LogP contribution >= 0.6 is 0 Å². The van der Waals surface area contributed by atoms with Gasteiger partial charge in [-0.15, -0.1) is 10.2 Å². The van der Waals surface area contributed by atoms with Crippen LogP contribution in [0.2, 0.25) is 0 Å². The standard InChI is InChI=1S/C13H18N4O/c1-18-8-7-17-10-15-16-13(17)9-12(14)11-5-3-2-4-6-11/h2-6,10,12H,7-9,14H2,1H3. The quantitative estimate of drug-likeness (QED) is 0.830. The van der Waals surface area contributed by atoms with Crippen LogP contribution in [0, 0.1) is 0 Å². The van der Waals surface area contributed by atoms with Crippen molar-refractivity contribution in [1.82, 2.24) is 14.8 Å². The van der Waals surface area contributed by atoms with Gasteiger partial charge < -0.3 is 15.0 Å². The highest BCUT2D eigenvalue weighted by Crippen LogP contribution is 2.14. The summed E-state index contributed by atoms with van der Waals surface area (Å²) in [6.45, 7) is 1.39. The van der Waals surface area contributed by atoms with Crippen LogP contribution in [-0.4, -0.2) is 28.5 Å². The molecule has 0 amide bonds. The van der Waals surface area contributed by atoms with E-state index < -0.39 is 0 Å². The lowest BCUT2D eigenvalue weighted by molar-refractivity contribution is 0.186. The molecule has 2 aromatic rings. The molecule has 96 valence electrons. The van der Waals surface area contributed by atoms with Gasteiger partial charge in [-0.05, 0) is 5.56 Å². The Kier molecular flexibility index (Phi) is 4.44. The van der Waals surface area contributed by atoms with Gasteiger partial charge in [0.2, 0.25) is 0 Å². The molecule has 2 N–H and O–H groups in total. The molecule has 5 nitrogen and oxygen atoms in total. The van der Waals surface area contributed by atoms with Gasteiger partial charge >= 0.3 is 0 Å². The summed E-state index contributed by atoms with van der Waals surface area (Å²) in [5.41, 5.74) is 7.28. The van der Waals surface area contributed by atoms with Crippen LogP contribution in [0.4, 0.5) is 0 Å². The Morgan fingerprint density at radius 1 is 1.33 bits per heavy atom. The molecule has 0 saturated heterocycles. The van der Waals surface area contributed by atoms with Crippen LogP contribution in [0.15, 0.2) is 36.7 Å². The summed E-state index contributed by atoms with van der Waals surface area (Å²) in [6, 6.07) is 9.96. The zero-order chi connectivity index (χ0) is 12.8. The Labute approximate surface area is 107 Å². The van der Waals surface area contributed by atoms with Gasteiger partial charge in [-0.2, -0.15) is 0 Å². The lowest BCUT2D eigenvalue weighted by Gasteiger charge is -2.12. The first-order chi connectivity index (χ1) is 8.81. The highest BCUT2D eigenvalue weighted by Gasteiger charge is 2.11. The smallest absolute Gasteiger partial charge is 0.134 e. The molecule has 0 radical (unpaired) electrons. The second-order valence-corrected chi connectivity index (χ2v) is 4.15. The van der Waals surface area contributed by atoms with Crippen molar-refractivity contribution >= 4 is 0 Å². The van der Waals surface area contributed by atoms with Gasteiger partial charge in [-0.25, -0.2) is 0 Å². The van der Waals surface area contributed by atoms with Gasteiger partial charge in [0, 0.05) is 26.1 Å². The molecule has 2 rings (SSSR count). The van der Waals surface area contributed by atoms with E-state index in [0.717, 1.165) is 17.9 Å². The minimum absolute atomic E-state index is 0.0586. The summed E-state index contributed by atoms with van der Waals surface area (Å²) >= 11 is 0. The number of aromatic nitrogens is 3. The number of hydrogen-bond donors (Lipinski definition) is 1. The summed E-state index contributed by atoms with van der Waals surface area (Å²) in [5.74, 6) is 0.892. The summed E-state index contributed by atoms with van der Waals surface area (Å²) in [4.78, 5) is 0. The van der Waals surface area contributed by atoms with Gasteiger partial charge in [-0.3, -0.25) is 0 Å². The van der Waals surface area contributed by atoms with Crippen molar-refractivity contribution in [3.63, 3.8) is 0 Å². The van der Waals surface area contributed by atoms with Gasteiger partial charge in [-0.1, -0.05) is 30.3 Å². The third-order valence-electron chi connectivity index (χ3n) is 2.86. The third kappa shape index (κ3) is 3.15. The van der Waals surface area contributed by atoms with Crippen LogP contribution in [0.5, 0.6) is 0 Å². The van der Waals surface area contributed by atoms with Gasteiger partial charge in [0.1, 0.15) is 12.2 Å². The first-order valence-corrected chi connectivity index (χ1v) is 5.97. The van der Waals surface area contributed by atoms with Crippen molar-refractivity contribution in [2.75, 3.05) is 13.7 Å². The molecule has 1 unspecified atom stereocenters. The van der Waals surface area contributed by atoms with Crippen molar-refractivity contribution in [3.8, 4) is 0 Å². The number of benzene rings is 1. The number of rotatable bonds is 6. The Morgan fingerprint density at radius 3 is 2.83 bits per heavy atom. The van der Waals surface area contributed by atoms with E-state index >= 15 is 0 Å². The van der Waals surface area contributed by atoms with Crippen LogP contribution in [-0.2, 0) is 17.7 Å². The largest absolute Gasteiger partial charge is 0.383 e. The normalized spacial score (nSPS) is 12.6. The molecular weight excluding hydrogens is 228 g/mol. The number of methoxy groups -OCH3 is 1. The highest BCUT2D eigenvalue weighted by atomic mass is 16.5. The molecule has 5 heteroatoms. The number of nitrogens with zero attached hydrogens (tertiary/aromatic N) is 3. The van der Waals surface area contributed by atoms with Crippen molar-refractivity contribution < 1.29 is 4.74 Å². The maximum atomic E-state index is 6.17. The first-order valence-electron chi connectivity index (χ1n) is 5.97. The molecule has 0 aliphatic carbocycles. The molecule has 0 saturated carbocycles. The fourth-order valence-corrected chi connectivity index (χ4v) is 1.83. The Balaban J connectivity index is 2.03. The molecule has 0 bridgehead atoms. The minimum Gasteiger partial charge on any atom is -0.383 e. The first kappa shape index (κ1) is 12.7. The van der Waals surface area contributed by atoms with Crippen LogP contribution in [0.1, 0.15) is 17.4 Å². The molecule has 0 spiro atoms. The summed E-state index contributed by atoms with van der Waals surface area (Å²) in [5, 5.41) is 8.04. The van der Waals surface area contributed by atoms with Crippen LogP contribution in [0.3, 0.4) is 0 Å². The Bertz CT molecular complexity index is 469. The van der Waals surface area contributed by atoms with E-state index in [9.17, 15) is 0 Å². The summed E-state index contributed by atoms with van der Waals surface area (Å²) in [6.07, 6.45) is 2.39. The van der Waals surface area contributed by atoms with Crippen molar-refractivity contribution in [3.05, 3.63) is 48.0 Å². The van der Waals surface area contributed by atoms with E-state index in [4.69, 9.17) is 10.5 Å². The van der Waals surface area contributed by atoms with E-state index in [1.54, 1.807) is 13.4 Å². The van der Waals surface area contributed by atoms with Crippen LogP contribution in [0.25, 0.3) is 0 Å². The van der Waals surface area contributed by atoms with E-state index in [2.05, 4.69) is 10.2 Å². The zero-order valence-corrected chi connectivity index (χ0v) is 10.5. The molecule has 1 heterocycles. The predicted molar refractivity (Wildman–Crippen MR) is 69.0 cm³/mol. The van der Waals surface area contributed by atoms with Crippen molar-refractivity contribution in [2.24, 2.45) is 5.73 Å². The second kappa shape index (κ2) is 6.28. The Hall–Kier alpha value is -1.72. The molecule has 0 aliphatic heterocycles. The van der Waals surface area contributed by atoms with E-state index in [1.807, 2.05) is 34.9 Å².